The summed E-state index contributed by atoms with van der Waals surface area (Å²) in [5.74, 6) is 0.315. The predicted octanol–water partition coefficient (Wildman–Crippen LogP) is 5.80. The quantitative estimate of drug-likeness (QED) is 0.262. The summed E-state index contributed by atoms with van der Waals surface area (Å²) < 4.78 is 0. The molecule has 0 fully saturated rings. The maximum absolute atomic E-state index is 12.7. The maximum atomic E-state index is 12.7. The predicted molar refractivity (Wildman–Crippen MR) is 107 cm³/mol. The summed E-state index contributed by atoms with van der Waals surface area (Å²) in [6.07, 6.45) is 1.43. The van der Waals surface area contributed by atoms with Crippen molar-refractivity contribution in [1.82, 2.24) is 4.98 Å². The molecular weight excluding hydrogens is 369 g/mol. The third-order valence-electron chi connectivity index (χ3n) is 3.53. The largest absolute Gasteiger partial charge is 0.343 e. The van der Waals surface area contributed by atoms with Gasteiger partial charge in [0.15, 0.2) is 5.78 Å². The summed E-state index contributed by atoms with van der Waals surface area (Å²) in [6.45, 7) is 0. The number of Topliss-reactive ketones (excluding diaryl/α,β-unsaturated/α-hetero) is 1. The Morgan fingerprint density at radius 2 is 1.65 bits per heavy atom. The highest BCUT2D eigenvalue weighted by Crippen LogP contribution is 2.21. The highest BCUT2D eigenvalue weighted by molar-refractivity contribution is 6.36. The number of aromatic nitrogens is 1. The molecule has 0 bridgehead atoms. The Labute approximate surface area is 161 Å². The first kappa shape index (κ1) is 18.1. The lowest BCUT2D eigenvalue weighted by Gasteiger charge is -2.10. The minimum atomic E-state index is -0.197. The van der Waals surface area contributed by atoms with Gasteiger partial charge in [0.25, 0.3) is 0 Å². The molecule has 0 saturated carbocycles. The summed E-state index contributed by atoms with van der Waals surface area (Å²) in [5.41, 5.74) is 1.90. The van der Waals surface area contributed by atoms with Gasteiger partial charge in [-0.2, -0.15) is 0 Å². The third kappa shape index (κ3) is 4.91. The summed E-state index contributed by atoms with van der Waals surface area (Å²) in [7, 11) is 0. The lowest BCUT2D eigenvalue weighted by atomic mass is 10.1. The SMILES string of the molecule is O=C(CC(=Nc1ccccc1)Nc1ccccc1)c1cnc(Cl)cc1Cl. The number of pyridine rings is 1. The Balaban J connectivity index is 1.87. The number of hydrogen-bond acceptors (Lipinski definition) is 3. The van der Waals surface area contributed by atoms with Gasteiger partial charge < -0.3 is 5.32 Å². The van der Waals surface area contributed by atoms with Gasteiger partial charge >= 0.3 is 0 Å². The van der Waals surface area contributed by atoms with E-state index in [1.54, 1.807) is 0 Å². The van der Waals surface area contributed by atoms with Gasteiger partial charge in [-0.1, -0.05) is 59.6 Å². The number of aliphatic imine (C=N–C) groups is 1. The molecule has 1 heterocycles. The topological polar surface area (TPSA) is 54.4 Å². The number of benzene rings is 2. The molecule has 0 aliphatic rings. The minimum absolute atomic E-state index is 0.0484. The van der Waals surface area contributed by atoms with Crippen LogP contribution in [0.2, 0.25) is 10.2 Å². The van der Waals surface area contributed by atoms with Gasteiger partial charge in [-0.3, -0.25) is 4.79 Å². The van der Waals surface area contributed by atoms with E-state index in [1.165, 1.54) is 12.3 Å². The Morgan fingerprint density at radius 1 is 1.00 bits per heavy atom. The summed E-state index contributed by atoms with van der Waals surface area (Å²) >= 11 is 11.9. The minimum Gasteiger partial charge on any atom is -0.343 e. The van der Waals surface area contributed by atoms with Crippen LogP contribution >= 0.6 is 23.2 Å². The van der Waals surface area contributed by atoms with Gasteiger partial charge in [0.2, 0.25) is 0 Å². The highest BCUT2D eigenvalue weighted by Gasteiger charge is 2.15. The van der Waals surface area contributed by atoms with E-state index in [2.05, 4.69) is 15.3 Å². The van der Waals surface area contributed by atoms with Gasteiger partial charge in [-0.15, -0.1) is 0 Å². The molecule has 0 spiro atoms. The second kappa shape index (κ2) is 8.61. The molecule has 1 aromatic heterocycles. The van der Waals surface area contributed by atoms with E-state index in [4.69, 9.17) is 23.2 Å². The molecule has 0 amide bonds. The number of amidine groups is 1. The molecule has 6 heteroatoms. The number of rotatable bonds is 5. The highest BCUT2D eigenvalue weighted by atomic mass is 35.5. The van der Waals surface area contributed by atoms with Crippen LogP contribution in [0.1, 0.15) is 16.8 Å². The van der Waals surface area contributed by atoms with Crippen molar-refractivity contribution in [2.24, 2.45) is 4.99 Å². The van der Waals surface area contributed by atoms with Crippen molar-refractivity contribution in [3.05, 3.63) is 88.7 Å². The number of carbonyl (C=O) groups is 1. The fraction of sp³-hybridized carbons (Fsp3) is 0.0500. The van der Waals surface area contributed by atoms with E-state index in [9.17, 15) is 4.79 Å². The molecule has 4 nitrogen and oxygen atoms in total. The van der Waals surface area contributed by atoms with Crippen LogP contribution in [0, 0.1) is 0 Å². The van der Waals surface area contributed by atoms with E-state index < -0.39 is 0 Å². The molecule has 0 radical (unpaired) electrons. The fourth-order valence-corrected chi connectivity index (χ4v) is 2.79. The first-order valence-corrected chi connectivity index (χ1v) is 8.66. The van der Waals surface area contributed by atoms with Crippen molar-refractivity contribution >= 4 is 46.2 Å². The molecule has 0 atom stereocenters. The van der Waals surface area contributed by atoms with Crippen LogP contribution in [-0.4, -0.2) is 16.6 Å². The van der Waals surface area contributed by atoms with Crippen LogP contribution in [0.25, 0.3) is 0 Å². The normalized spacial score (nSPS) is 11.2. The number of anilines is 1. The number of para-hydroxylation sites is 2. The van der Waals surface area contributed by atoms with Crippen LogP contribution < -0.4 is 5.32 Å². The van der Waals surface area contributed by atoms with Crippen molar-refractivity contribution < 1.29 is 4.79 Å². The van der Waals surface area contributed by atoms with Gasteiger partial charge in [-0.05, 0) is 30.3 Å². The van der Waals surface area contributed by atoms with E-state index in [0.29, 0.717) is 11.4 Å². The molecule has 2 aromatic carbocycles. The molecule has 0 aliphatic carbocycles. The van der Waals surface area contributed by atoms with Crippen LogP contribution in [0.15, 0.2) is 77.9 Å². The smallest absolute Gasteiger partial charge is 0.173 e. The zero-order valence-electron chi connectivity index (χ0n) is 13.7. The standard InChI is InChI=1S/C20H15Cl2N3O/c21-17-11-19(22)23-13-16(17)18(26)12-20(24-14-7-3-1-4-8-14)25-15-9-5-2-6-10-15/h1-11,13H,12H2,(H,24,25). The number of nitrogens with zero attached hydrogens (tertiary/aromatic N) is 2. The Bertz CT molecular complexity index is 928. The van der Waals surface area contributed by atoms with Crippen LogP contribution in [0.5, 0.6) is 0 Å². The van der Waals surface area contributed by atoms with Crippen LogP contribution in [0.4, 0.5) is 11.4 Å². The lowest BCUT2D eigenvalue weighted by molar-refractivity contribution is 0.100. The van der Waals surface area contributed by atoms with E-state index in [1.807, 2.05) is 60.7 Å². The summed E-state index contributed by atoms with van der Waals surface area (Å²) in [4.78, 5) is 21.2. The van der Waals surface area contributed by atoms with E-state index in [-0.39, 0.29) is 22.4 Å². The molecule has 0 unspecified atom stereocenters. The van der Waals surface area contributed by atoms with E-state index in [0.717, 1.165) is 11.4 Å². The van der Waals surface area contributed by atoms with Crippen molar-refractivity contribution in [2.45, 2.75) is 6.42 Å². The second-order valence-electron chi connectivity index (χ2n) is 5.47. The number of carbonyl (C=O) groups excluding carboxylic acids is 1. The van der Waals surface area contributed by atoms with Crippen molar-refractivity contribution in [3.8, 4) is 0 Å². The fourth-order valence-electron chi connectivity index (χ4n) is 2.32. The molecule has 3 aromatic rings. The van der Waals surface area contributed by atoms with Gasteiger partial charge in [0.05, 0.1) is 22.7 Å². The van der Waals surface area contributed by atoms with Gasteiger partial charge in [0.1, 0.15) is 11.0 Å². The lowest BCUT2D eigenvalue weighted by Crippen LogP contribution is -2.17. The molecule has 26 heavy (non-hydrogen) atoms. The maximum Gasteiger partial charge on any atom is 0.173 e. The monoisotopic (exact) mass is 383 g/mol. The number of hydrogen-bond donors (Lipinski definition) is 1. The second-order valence-corrected chi connectivity index (χ2v) is 6.27. The van der Waals surface area contributed by atoms with E-state index >= 15 is 0 Å². The Kier molecular flexibility index (Phi) is 6.00. The number of ketones is 1. The average Bonchev–Trinajstić information content (AvgIpc) is 2.63. The Hall–Kier alpha value is -2.69. The summed E-state index contributed by atoms with van der Waals surface area (Å²) in [6, 6.07) is 20.4. The van der Waals surface area contributed by atoms with Gasteiger partial charge in [-0.25, -0.2) is 9.98 Å². The first-order chi connectivity index (χ1) is 12.6. The number of nitrogens with one attached hydrogen (secondary N) is 1. The molecule has 0 saturated heterocycles. The average molecular weight is 384 g/mol. The zero-order valence-corrected chi connectivity index (χ0v) is 15.2. The van der Waals surface area contributed by atoms with Crippen LogP contribution in [0.3, 0.4) is 0 Å². The first-order valence-electron chi connectivity index (χ1n) is 7.91. The third-order valence-corrected chi connectivity index (χ3v) is 4.05. The Morgan fingerprint density at radius 3 is 2.31 bits per heavy atom. The van der Waals surface area contributed by atoms with Crippen molar-refractivity contribution in [1.29, 1.82) is 0 Å². The van der Waals surface area contributed by atoms with Crippen molar-refractivity contribution in [2.75, 3.05) is 5.32 Å². The molecule has 3 rings (SSSR count). The van der Waals surface area contributed by atoms with Crippen molar-refractivity contribution in [3.63, 3.8) is 0 Å². The molecule has 1 N–H and O–H groups in total. The van der Waals surface area contributed by atoms with Crippen LogP contribution in [-0.2, 0) is 0 Å². The molecular formula is C20H15Cl2N3O. The number of halogens is 2. The summed E-state index contributed by atoms with van der Waals surface area (Å²) in [5, 5.41) is 3.71. The molecule has 130 valence electrons. The van der Waals surface area contributed by atoms with Gasteiger partial charge in [0, 0.05) is 11.9 Å². The molecule has 0 aliphatic heterocycles. The zero-order chi connectivity index (χ0) is 18.4.